The second-order valence-corrected chi connectivity index (χ2v) is 6.45. The molecule has 20 heavy (non-hydrogen) atoms. The van der Waals surface area contributed by atoms with Gasteiger partial charge >= 0.3 is 0 Å². The molecule has 3 heteroatoms. The predicted molar refractivity (Wildman–Crippen MR) is 87.3 cm³/mol. The van der Waals surface area contributed by atoms with Crippen LogP contribution in [0.2, 0.25) is 0 Å². The van der Waals surface area contributed by atoms with Gasteiger partial charge in [0.15, 0.2) is 0 Å². The SMILES string of the molecule is CCC(N)Cc1ccc(N2CC(C)C(N(C)C)C2)cc1. The summed E-state index contributed by atoms with van der Waals surface area (Å²) in [5.41, 5.74) is 8.71. The fourth-order valence-electron chi connectivity index (χ4n) is 3.12. The highest BCUT2D eigenvalue weighted by Gasteiger charge is 2.30. The zero-order chi connectivity index (χ0) is 14.7. The first kappa shape index (κ1) is 15.3. The quantitative estimate of drug-likeness (QED) is 0.895. The molecule has 0 aromatic heterocycles. The molecule has 1 aliphatic heterocycles. The van der Waals surface area contributed by atoms with Gasteiger partial charge in [-0.15, -0.1) is 0 Å². The van der Waals surface area contributed by atoms with Gasteiger partial charge in [0.25, 0.3) is 0 Å². The van der Waals surface area contributed by atoms with E-state index in [0.29, 0.717) is 6.04 Å². The fraction of sp³-hybridized carbons (Fsp3) is 0.647. The first-order valence-electron chi connectivity index (χ1n) is 7.77. The number of likely N-dealkylation sites (N-methyl/N-ethyl adjacent to an activating group) is 1. The molecule has 0 saturated carbocycles. The summed E-state index contributed by atoms with van der Waals surface area (Å²) in [4.78, 5) is 4.85. The standard InChI is InChI=1S/C17H29N3/c1-5-15(18)10-14-6-8-16(9-7-14)20-11-13(2)17(12-20)19(3)4/h6-9,13,15,17H,5,10-12,18H2,1-4H3. The average Bonchev–Trinajstić information content (AvgIpc) is 2.81. The number of hydrogen-bond acceptors (Lipinski definition) is 3. The van der Waals surface area contributed by atoms with E-state index >= 15 is 0 Å². The lowest BCUT2D eigenvalue weighted by Gasteiger charge is -2.23. The van der Waals surface area contributed by atoms with Crippen molar-refractivity contribution in [3.63, 3.8) is 0 Å². The molecule has 0 amide bonds. The summed E-state index contributed by atoms with van der Waals surface area (Å²) >= 11 is 0. The Balaban J connectivity index is 2.00. The highest BCUT2D eigenvalue weighted by molar-refractivity contribution is 5.49. The molecule has 0 spiro atoms. The maximum atomic E-state index is 6.02. The molecule has 3 atom stereocenters. The van der Waals surface area contributed by atoms with Crippen molar-refractivity contribution >= 4 is 5.69 Å². The highest BCUT2D eigenvalue weighted by atomic mass is 15.2. The Morgan fingerprint density at radius 1 is 1.25 bits per heavy atom. The number of anilines is 1. The monoisotopic (exact) mass is 275 g/mol. The zero-order valence-electron chi connectivity index (χ0n) is 13.3. The largest absolute Gasteiger partial charge is 0.370 e. The Morgan fingerprint density at radius 2 is 1.90 bits per heavy atom. The minimum absolute atomic E-state index is 0.283. The number of nitrogens with zero attached hydrogens (tertiary/aromatic N) is 2. The van der Waals surface area contributed by atoms with E-state index in [1.165, 1.54) is 11.3 Å². The summed E-state index contributed by atoms with van der Waals surface area (Å²) in [6, 6.07) is 9.91. The van der Waals surface area contributed by atoms with E-state index in [1.54, 1.807) is 0 Å². The molecule has 0 radical (unpaired) electrons. The third-order valence-corrected chi connectivity index (χ3v) is 4.56. The van der Waals surface area contributed by atoms with Gasteiger partial charge in [0.2, 0.25) is 0 Å². The van der Waals surface area contributed by atoms with Crippen LogP contribution in [0, 0.1) is 5.92 Å². The minimum Gasteiger partial charge on any atom is -0.370 e. The summed E-state index contributed by atoms with van der Waals surface area (Å²) in [5.74, 6) is 0.721. The van der Waals surface area contributed by atoms with Crippen molar-refractivity contribution in [2.24, 2.45) is 11.7 Å². The van der Waals surface area contributed by atoms with Gasteiger partial charge in [0.05, 0.1) is 0 Å². The Hall–Kier alpha value is -1.06. The van der Waals surface area contributed by atoms with Gasteiger partial charge in [-0.3, -0.25) is 0 Å². The van der Waals surface area contributed by atoms with E-state index in [-0.39, 0.29) is 6.04 Å². The molecule has 2 N–H and O–H groups in total. The van der Waals surface area contributed by atoms with Crippen molar-refractivity contribution in [1.82, 2.24) is 4.90 Å². The number of hydrogen-bond donors (Lipinski definition) is 1. The van der Waals surface area contributed by atoms with Gasteiger partial charge in [0, 0.05) is 30.9 Å². The van der Waals surface area contributed by atoms with Gasteiger partial charge in [-0.2, -0.15) is 0 Å². The van der Waals surface area contributed by atoms with Crippen LogP contribution in [0.1, 0.15) is 25.8 Å². The van der Waals surface area contributed by atoms with Crippen LogP contribution in [0.25, 0.3) is 0 Å². The van der Waals surface area contributed by atoms with Crippen molar-refractivity contribution in [2.45, 2.75) is 38.8 Å². The first-order chi connectivity index (χ1) is 9.51. The molecule has 1 aromatic carbocycles. The normalized spacial score (nSPS) is 24.4. The van der Waals surface area contributed by atoms with Crippen LogP contribution in [-0.2, 0) is 6.42 Å². The molecule has 1 saturated heterocycles. The van der Waals surface area contributed by atoms with E-state index in [4.69, 9.17) is 5.73 Å². The Kier molecular flexibility index (Phi) is 5.06. The van der Waals surface area contributed by atoms with Crippen LogP contribution in [0.15, 0.2) is 24.3 Å². The molecule has 1 heterocycles. The summed E-state index contributed by atoms with van der Waals surface area (Å²) in [6.45, 7) is 6.77. The number of benzene rings is 1. The van der Waals surface area contributed by atoms with Crippen molar-refractivity contribution in [3.05, 3.63) is 29.8 Å². The molecule has 112 valence electrons. The van der Waals surface area contributed by atoms with Crippen LogP contribution >= 0.6 is 0 Å². The topological polar surface area (TPSA) is 32.5 Å². The minimum atomic E-state index is 0.283. The maximum absolute atomic E-state index is 6.02. The fourth-order valence-corrected chi connectivity index (χ4v) is 3.12. The van der Waals surface area contributed by atoms with Crippen molar-refractivity contribution in [1.29, 1.82) is 0 Å². The smallest absolute Gasteiger partial charge is 0.0367 e. The summed E-state index contributed by atoms with van der Waals surface area (Å²) in [6.07, 6.45) is 2.02. The molecule has 0 aliphatic carbocycles. The van der Waals surface area contributed by atoms with Crippen molar-refractivity contribution in [3.8, 4) is 0 Å². The summed E-state index contributed by atoms with van der Waals surface area (Å²) in [7, 11) is 4.36. The van der Waals surface area contributed by atoms with Crippen molar-refractivity contribution in [2.75, 3.05) is 32.1 Å². The number of rotatable bonds is 5. The summed E-state index contributed by atoms with van der Waals surface area (Å²) in [5, 5.41) is 0. The van der Waals surface area contributed by atoms with Gasteiger partial charge in [-0.25, -0.2) is 0 Å². The van der Waals surface area contributed by atoms with E-state index in [9.17, 15) is 0 Å². The van der Waals surface area contributed by atoms with Gasteiger partial charge < -0.3 is 15.5 Å². The second-order valence-electron chi connectivity index (χ2n) is 6.45. The first-order valence-corrected chi connectivity index (χ1v) is 7.77. The Morgan fingerprint density at radius 3 is 2.40 bits per heavy atom. The maximum Gasteiger partial charge on any atom is 0.0367 e. The number of nitrogens with two attached hydrogens (primary N) is 1. The zero-order valence-corrected chi connectivity index (χ0v) is 13.3. The third-order valence-electron chi connectivity index (χ3n) is 4.56. The Labute approximate surface area is 123 Å². The van der Waals surface area contributed by atoms with Crippen molar-refractivity contribution < 1.29 is 0 Å². The molecule has 2 rings (SSSR count). The van der Waals surface area contributed by atoms with Gasteiger partial charge in [-0.1, -0.05) is 26.0 Å². The molecule has 1 aromatic rings. The lowest BCUT2D eigenvalue weighted by atomic mass is 10.0. The van der Waals surface area contributed by atoms with E-state index < -0.39 is 0 Å². The molecular weight excluding hydrogens is 246 g/mol. The summed E-state index contributed by atoms with van der Waals surface area (Å²) < 4.78 is 0. The third kappa shape index (κ3) is 3.53. The van der Waals surface area contributed by atoms with Crippen LogP contribution in [0.4, 0.5) is 5.69 Å². The molecule has 3 nitrogen and oxygen atoms in total. The molecule has 3 unspecified atom stereocenters. The lowest BCUT2D eigenvalue weighted by Crippen LogP contribution is -2.34. The van der Waals surface area contributed by atoms with E-state index in [2.05, 4.69) is 62.0 Å². The highest BCUT2D eigenvalue weighted by Crippen LogP contribution is 2.26. The van der Waals surface area contributed by atoms with Crippen LogP contribution < -0.4 is 10.6 Å². The van der Waals surface area contributed by atoms with E-state index in [1.807, 2.05) is 0 Å². The molecule has 1 fully saturated rings. The molecular formula is C17H29N3. The molecule has 0 bridgehead atoms. The Bertz CT molecular complexity index is 413. The van der Waals surface area contributed by atoms with Crippen LogP contribution in [0.5, 0.6) is 0 Å². The van der Waals surface area contributed by atoms with Gasteiger partial charge in [-0.05, 0) is 50.6 Å². The van der Waals surface area contributed by atoms with Gasteiger partial charge in [0.1, 0.15) is 0 Å². The lowest BCUT2D eigenvalue weighted by molar-refractivity contribution is 0.266. The second kappa shape index (κ2) is 6.59. The van der Waals surface area contributed by atoms with E-state index in [0.717, 1.165) is 31.8 Å². The van der Waals surface area contributed by atoms with Crippen LogP contribution in [-0.4, -0.2) is 44.2 Å². The van der Waals surface area contributed by atoms with Crippen LogP contribution in [0.3, 0.4) is 0 Å². The average molecular weight is 275 g/mol. The predicted octanol–water partition coefficient (Wildman–Crippen LogP) is 2.35. The molecule has 1 aliphatic rings.